The molecule has 1 atom stereocenters. The quantitative estimate of drug-likeness (QED) is 0.923. The molecule has 116 valence electrons. The fourth-order valence-electron chi connectivity index (χ4n) is 3.07. The van der Waals surface area contributed by atoms with Crippen LogP contribution in [0.3, 0.4) is 0 Å². The molecule has 1 heterocycles. The van der Waals surface area contributed by atoms with Crippen molar-refractivity contribution >= 4 is 5.97 Å². The molecule has 1 aliphatic heterocycles. The van der Waals surface area contributed by atoms with Crippen molar-refractivity contribution < 1.29 is 9.90 Å². The number of rotatable bonds is 4. The first-order chi connectivity index (χ1) is 9.83. The van der Waals surface area contributed by atoms with Crippen molar-refractivity contribution in [2.24, 2.45) is 0 Å². The van der Waals surface area contributed by atoms with Crippen molar-refractivity contribution in [3.8, 4) is 0 Å². The van der Waals surface area contributed by atoms with Gasteiger partial charge in [0, 0.05) is 26.2 Å². The van der Waals surface area contributed by atoms with Crippen LogP contribution in [0.2, 0.25) is 0 Å². The summed E-state index contributed by atoms with van der Waals surface area (Å²) in [5.74, 6) is -0.741. The van der Waals surface area contributed by atoms with Gasteiger partial charge in [0.15, 0.2) is 0 Å². The highest BCUT2D eigenvalue weighted by molar-refractivity contribution is 5.69. The van der Waals surface area contributed by atoms with E-state index >= 15 is 0 Å². The van der Waals surface area contributed by atoms with Crippen molar-refractivity contribution in [3.05, 3.63) is 34.9 Å². The van der Waals surface area contributed by atoms with Crippen LogP contribution in [0.4, 0.5) is 0 Å². The lowest BCUT2D eigenvalue weighted by atomic mass is 9.84. The van der Waals surface area contributed by atoms with Gasteiger partial charge in [0.05, 0.1) is 12.0 Å². The molecule has 0 aliphatic carbocycles. The normalized spacial score (nSPS) is 20.2. The first kappa shape index (κ1) is 16.0. The molecule has 1 N–H and O–H groups in total. The summed E-state index contributed by atoms with van der Waals surface area (Å²) in [6.07, 6.45) is 0.138. The van der Waals surface area contributed by atoms with Crippen LogP contribution in [0.25, 0.3) is 0 Å². The molecule has 1 unspecified atom stereocenters. The van der Waals surface area contributed by atoms with Gasteiger partial charge in [0.1, 0.15) is 0 Å². The van der Waals surface area contributed by atoms with E-state index in [4.69, 9.17) is 0 Å². The molecule has 21 heavy (non-hydrogen) atoms. The smallest absolute Gasteiger partial charge is 0.305 e. The number of carboxylic acid groups (broad SMARTS) is 1. The zero-order valence-electron chi connectivity index (χ0n) is 13.5. The average molecular weight is 290 g/mol. The summed E-state index contributed by atoms with van der Waals surface area (Å²) in [5, 5.41) is 9.38. The minimum atomic E-state index is -0.741. The highest BCUT2D eigenvalue weighted by Gasteiger charge is 2.37. The number of carbonyl (C=O) groups is 1. The largest absolute Gasteiger partial charge is 0.481 e. The van der Waals surface area contributed by atoms with Crippen molar-refractivity contribution in [1.29, 1.82) is 0 Å². The van der Waals surface area contributed by atoms with Crippen molar-refractivity contribution in [2.45, 2.75) is 32.7 Å². The predicted octanol–water partition coefficient (Wildman–Crippen LogP) is 2.24. The van der Waals surface area contributed by atoms with Gasteiger partial charge in [-0.3, -0.25) is 9.69 Å². The van der Waals surface area contributed by atoms with Crippen LogP contribution >= 0.6 is 0 Å². The highest BCUT2D eigenvalue weighted by Crippen LogP contribution is 2.33. The van der Waals surface area contributed by atoms with Crippen LogP contribution in [0, 0.1) is 13.8 Å². The Morgan fingerprint density at radius 2 is 1.81 bits per heavy atom. The number of hydrogen-bond acceptors (Lipinski definition) is 3. The van der Waals surface area contributed by atoms with Gasteiger partial charge in [0.25, 0.3) is 0 Å². The molecule has 1 fully saturated rings. The lowest BCUT2D eigenvalue weighted by Gasteiger charge is -2.45. The van der Waals surface area contributed by atoms with Crippen LogP contribution < -0.4 is 0 Å². The second-order valence-corrected chi connectivity index (χ2v) is 6.43. The molecule has 4 heteroatoms. The Balaban J connectivity index is 2.35. The summed E-state index contributed by atoms with van der Waals surface area (Å²) in [5.41, 5.74) is 3.14. The molecule has 1 aliphatic rings. The van der Waals surface area contributed by atoms with E-state index < -0.39 is 11.5 Å². The molecule has 0 bridgehead atoms. The Morgan fingerprint density at radius 1 is 1.19 bits per heavy atom. The number of benzene rings is 1. The van der Waals surface area contributed by atoms with Gasteiger partial charge in [-0.05, 0) is 44.5 Å². The topological polar surface area (TPSA) is 43.8 Å². The van der Waals surface area contributed by atoms with Crippen molar-refractivity contribution in [3.63, 3.8) is 0 Å². The van der Waals surface area contributed by atoms with Gasteiger partial charge in [0.2, 0.25) is 0 Å². The minimum Gasteiger partial charge on any atom is -0.481 e. The molecular formula is C17H26N2O2. The highest BCUT2D eigenvalue weighted by atomic mass is 16.4. The van der Waals surface area contributed by atoms with Gasteiger partial charge >= 0.3 is 5.97 Å². The second-order valence-electron chi connectivity index (χ2n) is 6.43. The summed E-state index contributed by atoms with van der Waals surface area (Å²) < 4.78 is 0. The van der Waals surface area contributed by atoms with Crippen LogP contribution in [0.15, 0.2) is 18.2 Å². The molecule has 0 amide bonds. The number of hydrogen-bond donors (Lipinski definition) is 1. The summed E-state index contributed by atoms with van der Waals surface area (Å²) in [7, 11) is 2.11. The monoisotopic (exact) mass is 290 g/mol. The molecular weight excluding hydrogens is 264 g/mol. The van der Waals surface area contributed by atoms with E-state index in [9.17, 15) is 9.90 Å². The maximum Gasteiger partial charge on any atom is 0.305 e. The zero-order valence-corrected chi connectivity index (χ0v) is 13.5. The molecule has 0 radical (unpaired) electrons. The van der Waals surface area contributed by atoms with E-state index in [1.807, 2.05) is 0 Å². The van der Waals surface area contributed by atoms with E-state index in [1.54, 1.807) is 0 Å². The molecule has 4 nitrogen and oxygen atoms in total. The molecule has 1 saturated heterocycles. The third-order valence-corrected chi connectivity index (χ3v) is 4.83. The SMILES string of the molecule is Cc1ccc(C(C)(CC(=O)O)N2CCN(C)CC2)cc1C. The number of nitrogens with zero attached hydrogens (tertiary/aromatic N) is 2. The maximum atomic E-state index is 11.4. The third-order valence-electron chi connectivity index (χ3n) is 4.83. The number of piperazine rings is 1. The Labute approximate surface area is 127 Å². The molecule has 1 aromatic rings. The Bertz CT molecular complexity index is 522. The predicted molar refractivity (Wildman–Crippen MR) is 84.6 cm³/mol. The van der Waals surface area contributed by atoms with Crippen molar-refractivity contribution in [1.82, 2.24) is 9.80 Å². The van der Waals surface area contributed by atoms with E-state index in [0.717, 1.165) is 31.7 Å². The summed E-state index contributed by atoms with van der Waals surface area (Å²) in [4.78, 5) is 16.0. The van der Waals surface area contributed by atoms with Crippen LogP contribution in [-0.2, 0) is 10.3 Å². The van der Waals surface area contributed by atoms with E-state index in [0.29, 0.717) is 0 Å². The van der Waals surface area contributed by atoms with E-state index in [1.165, 1.54) is 11.1 Å². The fourth-order valence-corrected chi connectivity index (χ4v) is 3.07. The molecule has 2 rings (SSSR count). The van der Waals surface area contributed by atoms with Gasteiger partial charge < -0.3 is 10.0 Å². The number of carboxylic acids is 1. The number of likely N-dealkylation sites (N-methyl/N-ethyl adjacent to an activating group) is 1. The number of aryl methyl sites for hydroxylation is 2. The molecule has 0 saturated carbocycles. The standard InChI is InChI=1S/C17H26N2O2/c1-13-5-6-15(11-14(13)2)17(3,12-16(20)21)19-9-7-18(4)8-10-19/h5-6,11H,7-10,12H2,1-4H3,(H,20,21). The summed E-state index contributed by atoms with van der Waals surface area (Å²) in [6, 6.07) is 6.33. The minimum absolute atomic E-state index is 0.138. The fraction of sp³-hybridized carbons (Fsp3) is 0.588. The number of aliphatic carboxylic acids is 1. The van der Waals surface area contributed by atoms with Crippen LogP contribution in [0.1, 0.15) is 30.0 Å². The van der Waals surface area contributed by atoms with Gasteiger partial charge in [-0.25, -0.2) is 0 Å². The van der Waals surface area contributed by atoms with Crippen molar-refractivity contribution in [2.75, 3.05) is 33.2 Å². The van der Waals surface area contributed by atoms with Gasteiger partial charge in [-0.1, -0.05) is 18.2 Å². The molecule has 0 aromatic heterocycles. The summed E-state index contributed by atoms with van der Waals surface area (Å²) >= 11 is 0. The Kier molecular flexibility index (Phi) is 4.69. The zero-order chi connectivity index (χ0) is 15.6. The Morgan fingerprint density at radius 3 is 2.33 bits per heavy atom. The van der Waals surface area contributed by atoms with Gasteiger partial charge in [-0.15, -0.1) is 0 Å². The lowest BCUT2D eigenvalue weighted by molar-refractivity contribution is -0.140. The molecule has 0 spiro atoms. The van der Waals surface area contributed by atoms with Crippen LogP contribution in [0.5, 0.6) is 0 Å². The second kappa shape index (κ2) is 6.16. The third kappa shape index (κ3) is 3.44. The van der Waals surface area contributed by atoms with Gasteiger partial charge in [-0.2, -0.15) is 0 Å². The first-order valence-electron chi connectivity index (χ1n) is 7.56. The summed E-state index contributed by atoms with van der Waals surface area (Å²) in [6.45, 7) is 10.0. The average Bonchev–Trinajstić information content (AvgIpc) is 2.41. The molecule has 1 aromatic carbocycles. The van der Waals surface area contributed by atoms with Crippen LogP contribution in [-0.4, -0.2) is 54.1 Å². The van der Waals surface area contributed by atoms with E-state index in [2.05, 4.69) is 55.8 Å². The lowest BCUT2D eigenvalue weighted by Crippen LogP contribution is -2.54. The Hall–Kier alpha value is -1.39. The first-order valence-corrected chi connectivity index (χ1v) is 7.56. The van der Waals surface area contributed by atoms with E-state index in [-0.39, 0.29) is 6.42 Å². The maximum absolute atomic E-state index is 11.4.